The number of nitrogen functional groups attached to an aromatic ring is 1. The first-order chi connectivity index (χ1) is 7.83. The Morgan fingerprint density at radius 3 is 2.76 bits per heavy atom. The van der Waals surface area contributed by atoms with Gasteiger partial charge in [-0.25, -0.2) is 0 Å². The molecule has 0 heterocycles. The van der Waals surface area contributed by atoms with Crippen LogP contribution < -0.4 is 9.92 Å². The summed E-state index contributed by atoms with van der Waals surface area (Å²) in [5.41, 5.74) is 14.6. The second kappa shape index (κ2) is 4.89. The molecule has 7 nitrogen and oxygen atoms in total. The summed E-state index contributed by atoms with van der Waals surface area (Å²) in [5.74, 6) is -0.226. The third kappa shape index (κ3) is 3.82. The van der Waals surface area contributed by atoms with Gasteiger partial charge in [-0.1, -0.05) is 9.00 Å². The molecule has 2 N–H and O–H groups in total. The van der Waals surface area contributed by atoms with Crippen LogP contribution in [0.4, 0.5) is 9.57 Å². The van der Waals surface area contributed by atoms with Gasteiger partial charge in [0.25, 0.3) is 0 Å². The molecule has 0 amide bonds. The van der Waals surface area contributed by atoms with E-state index in [2.05, 4.69) is 14.2 Å². The molecular weight excluding hydrogens is 251 g/mol. The van der Waals surface area contributed by atoms with Gasteiger partial charge in [0.05, 0.1) is 6.54 Å². The topological polar surface area (TPSA) is 118 Å². The van der Waals surface area contributed by atoms with Crippen molar-refractivity contribution in [3.63, 3.8) is 0 Å². The quantitative estimate of drug-likeness (QED) is 0.292. The van der Waals surface area contributed by atoms with Crippen LogP contribution >= 0.6 is 0 Å². The zero-order chi connectivity index (χ0) is 13.1. The third-order valence-electron chi connectivity index (χ3n) is 1.98. The minimum atomic E-state index is -5.11. The SMILES string of the molecule is Cc1c(CN=[N+]=[N-])cc(N)cc1OS(=O)(=O)F. The van der Waals surface area contributed by atoms with E-state index in [9.17, 15) is 12.3 Å². The Morgan fingerprint density at radius 2 is 2.24 bits per heavy atom. The van der Waals surface area contributed by atoms with Crippen molar-refractivity contribution in [2.24, 2.45) is 5.11 Å². The van der Waals surface area contributed by atoms with Crippen molar-refractivity contribution < 1.29 is 16.5 Å². The maximum Gasteiger partial charge on any atom is 0.488 e. The number of azide groups is 1. The molecule has 0 aliphatic rings. The van der Waals surface area contributed by atoms with Crippen LogP contribution in [0.3, 0.4) is 0 Å². The number of nitrogens with zero attached hydrogens (tertiary/aromatic N) is 3. The summed E-state index contributed by atoms with van der Waals surface area (Å²) >= 11 is 0. The Bertz CT molecular complexity index is 581. The van der Waals surface area contributed by atoms with Crippen molar-refractivity contribution in [1.82, 2.24) is 0 Å². The Kier molecular flexibility index (Phi) is 3.77. The van der Waals surface area contributed by atoms with Crippen LogP contribution in [0.1, 0.15) is 11.1 Å². The lowest BCUT2D eigenvalue weighted by atomic mass is 10.1. The van der Waals surface area contributed by atoms with E-state index in [0.717, 1.165) is 0 Å². The number of anilines is 1. The number of benzene rings is 1. The highest BCUT2D eigenvalue weighted by molar-refractivity contribution is 7.81. The van der Waals surface area contributed by atoms with Gasteiger partial charge in [0.15, 0.2) is 5.75 Å². The van der Waals surface area contributed by atoms with E-state index in [0.29, 0.717) is 11.1 Å². The summed E-state index contributed by atoms with van der Waals surface area (Å²) in [6.45, 7) is 1.47. The molecular formula is C8H9FN4O3S. The molecule has 0 aromatic heterocycles. The lowest BCUT2D eigenvalue weighted by molar-refractivity contribution is 0.438. The fourth-order valence-electron chi connectivity index (χ4n) is 1.23. The van der Waals surface area contributed by atoms with Gasteiger partial charge in [-0.15, -0.1) is 0 Å². The number of hydrogen-bond donors (Lipinski definition) is 1. The highest BCUT2D eigenvalue weighted by atomic mass is 32.3. The van der Waals surface area contributed by atoms with E-state index in [1.54, 1.807) is 0 Å². The fourth-order valence-corrected chi connectivity index (χ4v) is 1.62. The van der Waals surface area contributed by atoms with Crippen molar-refractivity contribution in [3.8, 4) is 5.75 Å². The second-order valence-electron chi connectivity index (χ2n) is 3.17. The molecule has 0 aliphatic heterocycles. The number of hydrogen-bond acceptors (Lipinski definition) is 5. The number of rotatable bonds is 4. The highest BCUT2D eigenvalue weighted by Gasteiger charge is 2.14. The first-order valence-electron chi connectivity index (χ1n) is 4.37. The summed E-state index contributed by atoms with van der Waals surface area (Å²) < 4.78 is 37.3. The summed E-state index contributed by atoms with van der Waals surface area (Å²) in [6, 6.07) is 2.66. The minimum absolute atomic E-state index is 0.0317. The normalized spacial score (nSPS) is 10.7. The van der Waals surface area contributed by atoms with Gasteiger partial charge in [-0.3, -0.25) is 0 Å². The van der Waals surface area contributed by atoms with Crippen LogP contribution in [0.2, 0.25) is 0 Å². The predicted octanol–water partition coefficient (Wildman–Crippen LogP) is 1.98. The molecule has 0 unspecified atom stereocenters. The molecule has 0 aliphatic carbocycles. The minimum Gasteiger partial charge on any atom is -0.399 e. The highest BCUT2D eigenvalue weighted by Crippen LogP contribution is 2.27. The van der Waals surface area contributed by atoms with Crippen molar-refractivity contribution in [3.05, 3.63) is 33.7 Å². The maximum absolute atomic E-state index is 12.4. The summed E-state index contributed by atoms with van der Waals surface area (Å²) in [4.78, 5) is 2.56. The molecule has 0 atom stereocenters. The average molecular weight is 260 g/mol. The van der Waals surface area contributed by atoms with Crippen LogP contribution in [0, 0.1) is 6.92 Å². The number of halogens is 1. The van der Waals surface area contributed by atoms with Gasteiger partial charge in [0, 0.05) is 16.7 Å². The molecule has 1 aromatic rings. The Morgan fingerprint density at radius 1 is 1.59 bits per heavy atom. The monoisotopic (exact) mass is 260 g/mol. The molecule has 92 valence electrons. The Labute approximate surface area is 97.0 Å². The van der Waals surface area contributed by atoms with Gasteiger partial charge >= 0.3 is 10.5 Å². The molecule has 1 aromatic carbocycles. The van der Waals surface area contributed by atoms with E-state index < -0.39 is 10.5 Å². The van der Waals surface area contributed by atoms with Crippen LogP contribution in [0.15, 0.2) is 17.2 Å². The molecule has 0 bridgehead atoms. The average Bonchev–Trinajstić information content (AvgIpc) is 2.18. The van der Waals surface area contributed by atoms with Gasteiger partial charge in [0.1, 0.15) is 0 Å². The molecule has 0 saturated carbocycles. The lowest BCUT2D eigenvalue weighted by Crippen LogP contribution is -2.05. The maximum atomic E-state index is 12.4. The lowest BCUT2D eigenvalue weighted by Gasteiger charge is -2.09. The molecule has 0 fully saturated rings. The van der Waals surface area contributed by atoms with E-state index in [1.807, 2.05) is 0 Å². The van der Waals surface area contributed by atoms with Crippen LogP contribution in [-0.2, 0) is 17.0 Å². The summed E-state index contributed by atoms with van der Waals surface area (Å²) in [6.07, 6.45) is 0. The molecule has 0 spiro atoms. The fraction of sp³-hybridized carbons (Fsp3) is 0.250. The molecule has 0 radical (unpaired) electrons. The third-order valence-corrected chi connectivity index (χ3v) is 2.36. The zero-order valence-electron chi connectivity index (χ0n) is 8.79. The van der Waals surface area contributed by atoms with Crippen molar-refractivity contribution in [1.29, 1.82) is 0 Å². The predicted molar refractivity (Wildman–Crippen MR) is 59.1 cm³/mol. The van der Waals surface area contributed by atoms with Gasteiger partial charge in [-0.2, -0.15) is 8.42 Å². The largest absolute Gasteiger partial charge is 0.488 e. The van der Waals surface area contributed by atoms with Gasteiger partial charge in [0.2, 0.25) is 0 Å². The number of nitrogens with two attached hydrogens (primary N) is 1. The summed E-state index contributed by atoms with van der Waals surface area (Å²) in [7, 11) is -5.11. The second-order valence-corrected chi connectivity index (χ2v) is 4.12. The van der Waals surface area contributed by atoms with E-state index in [1.165, 1.54) is 19.1 Å². The van der Waals surface area contributed by atoms with E-state index in [4.69, 9.17) is 11.3 Å². The molecule has 17 heavy (non-hydrogen) atoms. The molecule has 9 heteroatoms. The molecule has 0 saturated heterocycles. The molecule has 1 rings (SSSR count). The van der Waals surface area contributed by atoms with E-state index >= 15 is 0 Å². The summed E-state index contributed by atoms with van der Waals surface area (Å²) in [5, 5.41) is 3.31. The van der Waals surface area contributed by atoms with Crippen LogP contribution in [-0.4, -0.2) is 8.42 Å². The van der Waals surface area contributed by atoms with E-state index in [-0.39, 0.29) is 18.0 Å². The van der Waals surface area contributed by atoms with Crippen molar-refractivity contribution >= 4 is 16.2 Å². The first kappa shape index (κ1) is 13.1. The van der Waals surface area contributed by atoms with Crippen molar-refractivity contribution in [2.45, 2.75) is 13.5 Å². The van der Waals surface area contributed by atoms with Gasteiger partial charge < -0.3 is 9.92 Å². The zero-order valence-corrected chi connectivity index (χ0v) is 9.61. The standard InChI is InChI=1S/C8H9FN4O3S/c1-5-6(4-12-13-11)2-7(10)3-8(5)16-17(9,14)15/h2-3H,4,10H2,1H3. The smallest absolute Gasteiger partial charge is 0.399 e. The van der Waals surface area contributed by atoms with Crippen LogP contribution in [0.5, 0.6) is 5.75 Å². The Balaban J connectivity index is 3.22. The van der Waals surface area contributed by atoms with Crippen LogP contribution in [0.25, 0.3) is 10.4 Å². The van der Waals surface area contributed by atoms with Gasteiger partial charge in [-0.05, 0) is 29.6 Å². The van der Waals surface area contributed by atoms with Crippen molar-refractivity contribution in [2.75, 3.05) is 5.73 Å². The first-order valence-corrected chi connectivity index (χ1v) is 5.68. The Hall–Kier alpha value is -1.99.